The molecule has 0 fully saturated rings. The Morgan fingerprint density at radius 3 is 2.74 bits per heavy atom. The predicted molar refractivity (Wildman–Crippen MR) is 75.8 cm³/mol. The van der Waals surface area contributed by atoms with Crippen molar-refractivity contribution >= 4 is 27.5 Å². The van der Waals surface area contributed by atoms with E-state index in [1.54, 1.807) is 0 Å². The molecule has 0 radical (unpaired) electrons. The van der Waals surface area contributed by atoms with E-state index in [1.807, 2.05) is 26.0 Å². The number of amides is 1. The van der Waals surface area contributed by atoms with Gasteiger partial charge >= 0.3 is 0 Å². The number of benzene rings is 1. The van der Waals surface area contributed by atoms with Gasteiger partial charge in [0.2, 0.25) is 5.95 Å². The predicted octanol–water partition coefficient (Wildman–Crippen LogP) is 3.85. The first-order valence-electron chi connectivity index (χ1n) is 5.67. The number of carbonyl (C=O) groups is 1. The maximum absolute atomic E-state index is 13.4. The number of hydrogen-bond donors (Lipinski definition) is 1. The molecule has 1 aromatic carbocycles. The molecular formula is C14H12BrFN2O. The molecule has 5 heteroatoms. The van der Waals surface area contributed by atoms with E-state index in [4.69, 9.17) is 0 Å². The standard InChI is InChI=1S/C14H12BrFN2O/c1-8-6-9(2)12(11(15)7-8)18-14(19)10-4-3-5-17-13(10)16/h3-7H,1-2H3,(H,18,19). The van der Waals surface area contributed by atoms with Gasteiger partial charge in [0, 0.05) is 10.7 Å². The average molecular weight is 323 g/mol. The van der Waals surface area contributed by atoms with Crippen molar-refractivity contribution in [3.63, 3.8) is 0 Å². The third-order valence-corrected chi connectivity index (χ3v) is 3.30. The second kappa shape index (κ2) is 5.48. The molecule has 19 heavy (non-hydrogen) atoms. The van der Waals surface area contributed by atoms with E-state index >= 15 is 0 Å². The van der Waals surface area contributed by atoms with Gasteiger partial charge in [0.1, 0.15) is 0 Å². The van der Waals surface area contributed by atoms with Crippen LogP contribution in [0.5, 0.6) is 0 Å². The molecule has 2 aromatic rings. The van der Waals surface area contributed by atoms with Crippen LogP contribution < -0.4 is 5.32 Å². The highest BCUT2D eigenvalue weighted by Crippen LogP contribution is 2.28. The first-order valence-corrected chi connectivity index (χ1v) is 6.47. The summed E-state index contributed by atoms with van der Waals surface area (Å²) in [6.45, 7) is 3.84. The van der Waals surface area contributed by atoms with Gasteiger partial charge in [-0.2, -0.15) is 4.39 Å². The van der Waals surface area contributed by atoms with Crippen LogP contribution in [0, 0.1) is 19.8 Å². The summed E-state index contributed by atoms with van der Waals surface area (Å²) in [6.07, 6.45) is 1.30. The summed E-state index contributed by atoms with van der Waals surface area (Å²) in [5, 5.41) is 2.70. The van der Waals surface area contributed by atoms with E-state index in [9.17, 15) is 9.18 Å². The highest BCUT2D eigenvalue weighted by molar-refractivity contribution is 9.10. The number of nitrogens with zero attached hydrogens (tertiary/aromatic N) is 1. The lowest BCUT2D eigenvalue weighted by molar-refractivity contribution is 0.102. The van der Waals surface area contributed by atoms with E-state index < -0.39 is 11.9 Å². The maximum atomic E-state index is 13.4. The van der Waals surface area contributed by atoms with Crippen molar-refractivity contribution in [3.05, 3.63) is 57.6 Å². The van der Waals surface area contributed by atoms with Crippen LogP contribution in [0.3, 0.4) is 0 Å². The Balaban J connectivity index is 2.32. The molecular weight excluding hydrogens is 311 g/mol. The third-order valence-electron chi connectivity index (χ3n) is 2.67. The Morgan fingerprint density at radius 2 is 2.11 bits per heavy atom. The third kappa shape index (κ3) is 2.98. The molecule has 0 bridgehead atoms. The largest absolute Gasteiger partial charge is 0.321 e. The summed E-state index contributed by atoms with van der Waals surface area (Å²) < 4.78 is 14.2. The molecule has 0 aliphatic rings. The van der Waals surface area contributed by atoms with Crippen LogP contribution in [0.1, 0.15) is 21.5 Å². The quantitative estimate of drug-likeness (QED) is 0.853. The van der Waals surface area contributed by atoms with Crippen LogP contribution in [-0.2, 0) is 0 Å². The van der Waals surface area contributed by atoms with Crippen LogP contribution in [0.4, 0.5) is 10.1 Å². The number of rotatable bonds is 2. The minimum absolute atomic E-state index is 0.0747. The molecule has 0 atom stereocenters. The van der Waals surface area contributed by atoms with E-state index in [2.05, 4.69) is 26.2 Å². The van der Waals surface area contributed by atoms with Crippen LogP contribution in [0.15, 0.2) is 34.9 Å². The van der Waals surface area contributed by atoms with E-state index in [-0.39, 0.29) is 5.56 Å². The van der Waals surface area contributed by atoms with Crippen molar-refractivity contribution in [1.29, 1.82) is 0 Å². The highest BCUT2D eigenvalue weighted by atomic mass is 79.9. The lowest BCUT2D eigenvalue weighted by Crippen LogP contribution is -2.15. The summed E-state index contributed by atoms with van der Waals surface area (Å²) in [6, 6.07) is 6.76. The van der Waals surface area contributed by atoms with Crippen molar-refractivity contribution in [2.45, 2.75) is 13.8 Å². The van der Waals surface area contributed by atoms with Crippen LogP contribution >= 0.6 is 15.9 Å². The summed E-state index contributed by atoms with van der Waals surface area (Å²) in [7, 11) is 0. The molecule has 0 aliphatic carbocycles. The van der Waals surface area contributed by atoms with Crippen LogP contribution in [-0.4, -0.2) is 10.9 Å². The monoisotopic (exact) mass is 322 g/mol. The van der Waals surface area contributed by atoms with Gasteiger partial charge in [0.05, 0.1) is 11.3 Å². The van der Waals surface area contributed by atoms with Gasteiger partial charge < -0.3 is 5.32 Å². The number of aromatic nitrogens is 1. The molecule has 0 unspecified atom stereocenters. The van der Waals surface area contributed by atoms with Crippen molar-refractivity contribution < 1.29 is 9.18 Å². The summed E-state index contributed by atoms with van der Waals surface area (Å²) in [5.41, 5.74) is 2.55. The van der Waals surface area contributed by atoms with E-state index in [0.717, 1.165) is 15.6 Å². The minimum atomic E-state index is -0.777. The zero-order valence-corrected chi connectivity index (χ0v) is 12.1. The fourth-order valence-electron chi connectivity index (χ4n) is 1.81. The summed E-state index contributed by atoms with van der Waals surface area (Å²) in [5.74, 6) is -1.29. The Morgan fingerprint density at radius 1 is 1.37 bits per heavy atom. The molecule has 1 amide bonds. The van der Waals surface area contributed by atoms with E-state index in [1.165, 1.54) is 18.3 Å². The van der Waals surface area contributed by atoms with Gasteiger partial charge in [0.15, 0.2) is 0 Å². The van der Waals surface area contributed by atoms with Crippen molar-refractivity contribution in [2.24, 2.45) is 0 Å². The smallest absolute Gasteiger partial charge is 0.260 e. The number of halogens is 2. The average Bonchev–Trinajstić information content (AvgIpc) is 2.34. The number of carbonyl (C=O) groups excluding carboxylic acids is 1. The van der Waals surface area contributed by atoms with Crippen molar-refractivity contribution in [3.8, 4) is 0 Å². The van der Waals surface area contributed by atoms with Gasteiger partial charge in [0.25, 0.3) is 5.91 Å². The molecule has 3 nitrogen and oxygen atoms in total. The van der Waals surface area contributed by atoms with Crippen molar-refractivity contribution in [1.82, 2.24) is 4.98 Å². The number of pyridine rings is 1. The van der Waals surface area contributed by atoms with E-state index in [0.29, 0.717) is 5.69 Å². The molecule has 2 rings (SSSR count). The molecule has 0 aliphatic heterocycles. The first kappa shape index (κ1) is 13.7. The number of nitrogens with one attached hydrogen (secondary N) is 1. The lowest BCUT2D eigenvalue weighted by Gasteiger charge is -2.11. The highest BCUT2D eigenvalue weighted by Gasteiger charge is 2.14. The lowest BCUT2D eigenvalue weighted by atomic mass is 10.1. The Hall–Kier alpha value is -1.75. The zero-order chi connectivity index (χ0) is 14.0. The topological polar surface area (TPSA) is 42.0 Å². The molecule has 98 valence electrons. The minimum Gasteiger partial charge on any atom is -0.321 e. The maximum Gasteiger partial charge on any atom is 0.260 e. The summed E-state index contributed by atoms with van der Waals surface area (Å²) >= 11 is 3.39. The van der Waals surface area contributed by atoms with Crippen molar-refractivity contribution in [2.75, 3.05) is 5.32 Å². The SMILES string of the molecule is Cc1cc(C)c(NC(=O)c2cccnc2F)c(Br)c1. The molecule has 0 saturated carbocycles. The number of anilines is 1. The van der Waals surface area contributed by atoms with Gasteiger partial charge in [-0.1, -0.05) is 6.07 Å². The molecule has 1 heterocycles. The van der Waals surface area contributed by atoms with Gasteiger partial charge in [-0.15, -0.1) is 0 Å². The molecule has 1 N–H and O–H groups in total. The molecule has 0 spiro atoms. The van der Waals surface area contributed by atoms with Crippen LogP contribution in [0.2, 0.25) is 0 Å². The van der Waals surface area contributed by atoms with Gasteiger partial charge in [-0.3, -0.25) is 4.79 Å². The van der Waals surface area contributed by atoms with Gasteiger partial charge in [-0.05, 0) is 59.1 Å². The summed E-state index contributed by atoms with van der Waals surface area (Å²) in [4.78, 5) is 15.5. The Bertz CT molecular complexity index is 620. The fraction of sp³-hybridized carbons (Fsp3) is 0.143. The number of hydrogen-bond acceptors (Lipinski definition) is 2. The fourth-order valence-corrected chi connectivity index (χ4v) is 2.58. The van der Waals surface area contributed by atoms with Crippen LogP contribution in [0.25, 0.3) is 0 Å². The molecule has 0 saturated heterocycles. The second-order valence-electron chi connectivity index (χ2n) is 4.23. The molecule has 1 aromatic heterocycles. The van der Waals surface area contributed by atoms with Gasteiger partial charge in [-0.25, -0.2) is 4.98 Å². The Kier molecular flexibility index (Phi) is 3.95. The Labute approximate surface area is 119 Å². The second-order valence-corrected chi connectivity index (χ2v) is 5.09. The zero-order valence-electron chi connectivity index (χ0n) is 10.5. The first-order chi connectivity index (χ1) is 8.99. The number of aryl methyl sites for hydroxylation is 2. The normalized spacial score (nSPS) is 10.3.